The van der Waals surface area contributed by atoms with Crippen LogP contribution in [-0.4, -0.2) is 11.0 Å². The molecule has 0 fully saturated rings. The van der Waals surface area contributed by atoms with Crippen LogP contribution in [-0.2, 0) is 0 Å². The lowest BCUT2D eigenvalue weighted by Crippen LogP contribution is -1.99. The van der Waals surface area contributed by atoms with Crippen molar-refractivity contribution in [2.24, 2.45) is 4.99 Å². The molecule has 1 nitrogen and oxygen atoms in total. The lowest BCUT2D eigenvalue weighted by atomic mass is 10.3. The summed E-state index contributed by atoms with van der Waals surface area (Å²) >= 11 is 0. The largest absolute Gasteiger partial charge is 0.261 e. The van der Waals surface area contributed by atoms with Gasteiger partial charge in [-0.25, -0.2) is 0 Å². The second-order valence-corrected chi connectivity index (χ2v) is 2.57. The van der Waals surface area contributed by atoms with Crippen molar-refractivity contribution in [1.29, 1.82) is 0 Å². The molecule has 0 amide bonds. The summed E-state index contributed by atoms with van der Waals surface area (Å²) in [5, 5.41) is 1.08. The third-order valence-electron chi connectivity index (χ3n) is 0.960. The van der Waals surface area contributed by atoms with Crippen molar-refractivity contribution < 1.29 is 0 Å². The lowest BCUT2D eigenvalue weighted by molar-refractivity contribution is 1.52. The number of rotatable bonds is 2. The maximum atomic E-state index is 4.09. The molecule has 9 heavy (non-hydrogen) atoms. The van der Waals surface area contributed by atoms with E-state index in [9.17, 15) is 0 Å². The Hall–Kier alpha value is -0.420. The van der Waals surface area contributed by atoms with E-state index in [0.29, 0.717) is 0 Å². The molecule has 0 aromatic carbocycles. The van der Waals surface area contributed by atoms with Crippen LogP contribution in [0.15, 0.2) is 17.3 Å². The van der Waals surface area contributed by atoms with Crippen LogP contribution in [0.4, 0.5) is 0 Å². The standard InChI is InChI=1S/C7H12NP/c1-4-5-8-6(2)7(3)9/h4-5,9H,1-3H3/b5-4-,8-6?. The molecule has 0 aliphatic rings. The molecule has 0 aliphatic carbocycles. The molecule has 0 aliphatic heterocycles. The molecular formula is C7H12NP. The highest BCUT2D eigenvalue weighted by molar-refractivity contribution is 7.25. The minimum atomic E-state index is 1.02. The van der Waals surface area contributed by atoms with Crippen molar-refractivity contribution in [3.63, 3.8) is 0 Å². The van der Waals surface area contributed by atoms with Crippen LogP contribution in [0.5, 0.6) is 0 Å². The number of nitrogens with zero attached hydrogens (tertiary/aromatic N) is 1. The van der Waals surface area contributed by atoms with E-state index in [2.05, 4.69) is 13.9 Å². The van der Waals surface area contributed by atoms with Gasteiger partial charge in [0.25, 0.3) is 0 Å². The van der Waals surface area contributed by atoms with Gasteiger partial charge in [0.2, 0.25) is 0 Å². The number of allylic oxidation sites excluding steroid dienone is 1. The van der Waals surface area contributed by atoms with Gasteiger partial charge < -0.3 is 0 Å². The Morgan fingerprint density at radius 2 is 2.00 bits per heavy atom. The van der Waals surface area contributed by atoms with E-state index >= 15 is 0 Å². The van der Waals surface area contributed by atoms with Crippen molar-refractivity contribution in [2.75, 3.05) is 0 Å². The summed E-state index contributed by atoms with van der Waals surface area (Å²) in [7, 11) is 3.37. The maximum absolute atomic E-state index is 4.09. The Labute approximate surface area is 58.7 Å². The van der Waals surface area contributed by atoms with E-state index in [1.165, 1.54) is 0 Å². The summed E-state index contributed by atoms with van der Waals surface area (Å²) in [4.78, 5) is 4.09. The molecule has 0 aromatic heterocycles. The second-order valence-electron chi connectivity index (χ2n) is 1.82. The first-order chi connectivity index (χ1) is 4.18. The average molecular weight is 141 g/mol. The molecule has 0 heterocycles. The van der Waals surface area contributed by atoms with Gasteiger partial charge >= 0.3 is 0 Å². The Balaban J connectivity index is 4.00. The predicted molar refractivity (Wildman–Crippen MR) is 46.9 cm³/mol. The Bertz CT molecular complexity index is 156. The van der Waals surface area contributed by atoms with Gasteiger partial charge in [-0.2, -0.15) is 0 Å². The summed E-state index contributed by atoms with van der Waals surface area (Å²) in [6.45, 7) is 5.88. The van der Waals surface area contributed by atoms with Gasteiger partial charge in [0.15, 0.2) is 0 Å². The van der Waals surface area contributed by atoms with Crippen LogP contribution in [0.1, 0.15) is 20.8 Å². The van der Waals surface area contributed by atoms with Crippen molar-refractivity contribution in [1.82, 2.24) is 0 Å². The number of aliphatic imine (C=N–C) groups is 1. The van der Waals surface area contributed by atoms with Crippen LogP contribution in [0.2, 0.25) is 0 Å². The van der Waals surface area contributed by atoms with Crippen molar-refractivity contribution in [3.8, 4) is 0 Å². The van der Waals surface area contributed by atoms with Crippen molar-refractivity contribution in [3.05, 3.63) is 12.3 Å². The third kappa shape index (κ3) is 4.11. The van der Waals surface area contributed by atoms with Crippen molar-refractivity contribution in [2.45, 2.75) is 20.8 Å². The molecular weight excluding hydrogens is 129 g/mol. The van der Waals surface area contributed by atoms with Gasteiger partial charge in [0.1, 0.15) is 0 Å². The molecule has 0 aromatic rings. The maximum Gasteiger partial charge on any atom is 0.0441 e. The van der Waals surface area contributed by atoms with Crippen LogP contribution < -0.4 is 0 Å². The minimum Gasteiger partial charge on any atom is -0.261 e. The zero-order valence-corrected chi connectivity index (χ0v) is 7.10. The van der Waals surface area contributed by atoms with Gasteiger partial charge in [0.05, 0.1) is 0 Å². The molecule has 0 saturated carbocycles. The van der Waals surface area contributed by atoms with Crippen LogP contribution in [0, 0.1) is 0 Å². The topological polar surface area (TPSA) is 12.4 Å². The Kier molecular flexibility index (Phi) is 4.25. The van der Waals surface area contributed by atoms with Crippen LogP contribution >= 0.6 is 8.86 Å². The summed E-state index contributed by atoms with van der Waals surface area (Å²) in [6, 6.07) is 0. The van der Waals surface area contributed by atoms with E-state index in [0.717, 1.165) is 11.0 Å². The Morgan fingerprint density at radius 1 is 1.44 bits per heavy atom. The average Bonchev–Trinajstić information content (AvgIpc) is 1.82. The van der Waals surface area contributed by atoms with Gasteiger partial charge in [-0.3, -0.25) is 4.99 Å². The third-order valence-corrected chi connectivity index (χ3v) is 1.32. The number of hydrogen-bond acceptors (Lipinski definition) is 1. The molecule has 0 radical (unpaired) electrons. The first-order valence-corrected chi connectivity index (χ1v) is 3.39. The van der Waals surface area contributed by atoms with Crippen LogP contribution in [0.3, 0.4) is 0 Å². The summed E-state index contributed by atoms with van der Waals surface area (Å²) < 4.78 is 0. The smallest absolute Gasteiger partial charge is 0.0441 e. The Morgan fingerprint density at radius 3 is 2.33 bits per heavy atom. The lowest BCUT2D eigenvalue weighted by Gasteiger charge is -1.91. The van der Waals surface area contributed by atoms with Crippen molar-refractivity contribution >= 4 is 19.9 Å². The van der Waals surface area contributed by atoms with E-state index in [1.54, 1.807) is 6.20 Å². The van der Waals surface area contributed by atoms with E-state index in [4.69, 9.17) is 0 Å². The quantitative estimate of drug-likeness (QED) is 0.413. The fourth-order valence-electron chi connectivity index (χ4n) is 0.283. The van der Waals surface area contributed by atoms with Gasteiger partial charge in [-0.1, -0.05) is 6.08 Å². The molecule has 0 bridgehead atoms. The van der Waals surface area contributed by atoms with Gasteiger partial charge in [-0.05, 0) is 26.1 Å². The fourth-order valence-corrected chi connectivity index (χ4v) is 0.348. The molecule has 0 spiro atoms. The highest BCUT2D eigenvalue weighted by Gasteiger charge is 1.86. The highest BCUT2D eigenvalue weighted by atomic mass is 31.0. The molecule has 0 N–H and O–H groups in total. The van der Waals surface area contributed by atoms with Crippen LogP contribution in [0.25, 0.3) is 0 Å². The first kappa shape index (κ1) is 8.58. The summed E-state index contributed by atoms with van der Waals surface area (Å²) in [6.07, 6.45) is 3.68. The second kappa shape index (κ2) is 4.46. The van der Waals surface area contributed by atoms with E-state index in [-0.39, 0.29) is 0 Å². The summed E-state index contributed by atoms with van der Waals surface area (Å²) in [5.41, 5.74) is 1.02. The predicted octanol–water partition coefficient (Wildman–Crippen LogP) is 2.32. The first-order valence-electron chi connectivity index (χ1n) is 2.89. The fraction of sp³-hybridized carbons (Fsp3) is 0.429. The molecule has 50 valence electrons. The molecule has 0 saturated heterocycles. The monoisotopic (exact) mass is 141 g/mol. The minimum absolute atomic E-state index is 1.02. The molecule has 0 unspecified atom stereocenters. The number of hydrogen-bond donors (Lipinski definition) is 0. The van der Waals surface area contributed by atoms with E-state index < -0.39 is 0 Å². The van der Waals surface area contributed by atoms with Gasteiger partial charge in [0, 0.05) is 11.9 Å². The molecule has 2 heteroatoms. The van der Waals surface area contributed by atoms with Gasteiger partial charge in [-0.15, -0.1) is 8.86 Å². The normalized spacial score (nSPS) is 12.6. The molecule has 0 rings (SSSR count). The SMILES string of the molecule is C/C=C\N=C(C)C(C)=P. The zero-order chi connectivity index (χ0) is 7.28. The van der Waals surface area contributed by atoms with E-state index in [1.807, 2.05) is 26.8 Å². The molecule has 0 atom stereocenters. The highest BCUT2D eigenvalue weighted by Crippen LogP contribution is 1.86. The zero-order valence-electron chi connectivity index (χ0n) is 6.10. The summed E-state index contributed by atoms with van der Waals surface area (Å²) in [5.74, 6) is 0.